The van der Waals surface area contributed by atoms with Crippen LogP contribution in [0.3, 0.4) is 0 Å². The number of carbonyl (C=O) groups excluding carboxylic acids is 4. The van der Waals surface area contributed by atoms with Crippen molar-refractivity contribution in [3.8, 4) is 0 Å². The van der Waals surface area contributed by atoms with Gasteiger partial charge in [0.05, 0.1) is 26.4 Å². The highest BCUT2D eigenvalue weighted by atomic mass is 31.2. The van der Waals surface area contributed by atoms with Gasteiger partial charge in [-0.1, -0.05) is 389 Å². The average molecular weight is 1520 g/mol. The van der Waals surface area contributed by atoms with Crippen LogP contribution in [0.2, 0.25) is 0 Å². The topological polar surface area (TPSA) is 237 Å². The number of rotatable bonds is 82. The highest BCUT2D eigenvalue weighted by Crippen LogP contribution is 2.45. The maximum Gasteiger partial charge on any atom is 0.472 e. The molecule has 6 atom stereocenters. The summed E-state index contributed by atoms with van der Waals surface area (Å²) in [5, 5.41) is 10.7. The van der Waals surface area contributed by atoms with Crippen molar-refractivity contribution in [1.29, 1.82) is 0 Å². The molecule has 618 valence electrons. The predicted octanol–water partition coefficient (Wildman–Crippen LogP) is 25.6. The van der Waals surface area contributed by atoms with Crippen molar-refractivity contribution < 1.29 is 80.2 Å². The van der Waals surface area contributed by atoms with Gasteiger partial charge in [-0.25, -0.2) is 9.13 Å². The van der Waals surface area contributed by atoms with Crippen molar-refractivity contribution in [2.75, 3.05) is 39.6 Å². The molecular weight excluding hydrogens is 1350 g/mol. The molecule has 0 fully saturated rings. The minimum atomic E-state index is -4.97. The van der Waals surface area contributed by atoms with Gasteiger partial charge in [0, 0.05) is 25.7 Å². The number of esters is 4. The first-order chi connectivity index (χ1) is 50.1. The van der Waals surface area contributed by atoms with Crippen LogP contribution in [0, 0.1) is 23.7 Å². The quantitative estimate of drug-likeness (QED) is 0.0222. The van der Waals surface area contributed by atoms with E-state index in [1.165, 1.54) is 238 Å². The first kappa shape index (κ1) is 102. The minimum absolute atomic E-state index is 0.107. The molecule has 0 heterocycles. The number of phosphoric ester groups is 2. The lowest BCUT2D eigenvalue weighted by Gasteiger charge is -2.21. The third kappa shape index (κ3) is 76.8. The van der Waals surface area contributed by atoms with Crippen LogP contribution in [0.25, 0.3) is 0 Å². The second-order valence-corrected chi connectivity index (χ2v) is 35.2. The maximum absolute atomic E-state index is 13.1. The molecule has 0 aliphatic rings. The van der Waals surface area contributed by atoms with Crippen LogP contribution >= 0.6 is 15.6 Å². The maximum atomic E-state index is 13.1. The first-order valence-corrected chi connectivity index (χ1v) is 46.7. The molecule has 104 heavy (non-hydrogen) atoms. The van der Waals surface area contributed by atoms with Gasteiger partial charge in [-0.05, 0) is 49.4 Å². The number of phosphoric acid groups is 2. The molecule has 0 rings (SSSR count). The lowest BCUT2D eigenvalue weighted by molar-refractivity contribution is -0.161. The Labute approximate surface area is 638 Å². The Kier molecular flexibility index (Phi) is 72.5. The van der Waals surface area contributed by atoms with Crippen LogP contribution in [0.5, 0.6) is 0 Å². The molecule has 0 aromatic carbocycles. The average Bonchev–Trinajstić information content (AvgIpc) is 0.913. The Bertz CT molecular complexity index is 2030. The number of aliphatic hydroxyl groups excluding tert-OH is 1. The zero-order valence-electron chi connectivity index (χ0n) is 68.7. The largest absolute Gasteiger partial charge is 0.472 e. The molecule has 0 radical (unpaired) electrons. The molecule has 3 N–H and O–H groups in total. The van der Waals surface area contributed by atoms with Gasteiger partial charge in [0.25, 0.3) is 0 Å². The molecule has 0 spiro atoms. The molecule has 4 unspecified atom stereocenters. The molecule has 0 amide bonds. The predicted molar refractivity (Wildman–Crippen MR) is 428 cm³/mol. The number of ether oxygens (including phenoxy) is 4. The van der Waals surface area contributed by atoms with E-state index in [0.29, 0.717) is 31.6 Å². The van der Waals surface area contributed by atoms with Gasteiger partial charge in [-0.2, -0.15) is 0 Å². The van der Waals surface area contributed by atoms with E-state index < -0.39 is 97.5 Å². The molecule has 0 aliphatic heterocycles. The lowest BCUT2D eigenvalue weighted by Crippen LogP contribution is -2.30. The molecule has 0 aromatic rings. The van der Waals surface area contributed by atoms with E-state index in [4.69, 9.17) is 37.0 Å². The van der Waals surface area contributed by atoms with E-state index in [1.54, 1.807) is 0 Å². The molecule has 0 saturated carbocycles. The van der Waals surface area contributed by atoms with E-state index in [1.807, 2.05) is 0 Å². The summed E-state index contributed by atoms with van der Waals surface area (Å²) in [7, 11) is -9.93. The fourth-order valence-corrected chi connectivity index (χ4v) is 14.7. The molecule has 0 aliphatic carbocycles. The number of unbranched alkanes of at least 4 members (excludes halogenated alkanes) is 47. The van der Waals surface area contributed by atoms with E-state index in [-0.39, 0.29) is 25.7 Å². The molecule has 0 bridgehead atoms. The first-order valence-electron chi connectivity index (χ1n) is 43.7. The van der Waals surface area contributed by atoms with Crippen molar-refractivity contribution in [2.45, 2.75) is 459 Å². The molecule has 0 saturated heterocycles. The Morgan fingerprint density at radius 3 is 0.683 bits per heavy atom. The van der Waals surface area contributed by atoms with E-state index in [0.717, 1.165) is 114 Å². The third-order valence-electron chi connectivity index (χ3n) is 20.2. The van der Waals surface area contributed by atoms with Crippen LogP contribution in [-0.4, -0.2) is 96.7 Å². The number of aliphatic hydroxyl groups is 1. The SMILES string of the molecule is CCC(C)CCCCCCCCCCCCCCCCC(=O)OC[C@H](COP(=O)(O)OCC(O)COP(=O)(O)OC[C@@H](COC(=O)CCCCCCCCCC(C)C)OC(=O)CCCCCCCCCCCCCCCCC(C)C)OC(=O)CCCCCCCCCCCCCCCCCCC(C)C. The summed E-state index contributed by atoms with van der Waals surface area (Å²) in [5.41, 5.74) is 0. The van der Waals surface area contributed by atoms with E-state index in [2.05, 4.69) is 55.4 Å². The van der Waals surface area contributed by atoms with Gasteiger partial charge in [0.15, 0.2) is 12.2 Å². The van der Waals surface area contributed by atoms with E-state index in [9.17, 15) is 43.2 Å². The summed E-state index contributed by atoms with van der Waals surface area (Å²) < 4.78 is 68.9. The Morgan fingerprint density at radius 1 is 0.269 bits per heavy atom. The monoisotopic (exact) mass is 1520 g/mol. The summed E-state index contributed by atoms with van der Waals surface area (Å²) in [5.74, 6) is 1.05. The fourth-order valence-electron chi connectivity index (χ4n) is 13.1. The fraction of sp³-hybridized carbons (Fsp3) is 0.953. The number of hydrogen-bond donors (Lipinski definition) is 3. The van der Waals surface area contributed by atoms with Crippen LogP contribution < -0.4 is 0 Å². The third-order valence-corrected chi connectivity index (χ3v) is 22.1. The van der Waals surface area contributed by atoms with Gasteiger partial charge in [-0.15, -0.1) is 0 Å². The van der Waals surface area contributed by atoms with Crippen LogP contribution in [0.1, 0.15) is 441 Å². The second kappa shape index (κ2) is 73.8. The zero-order chi connectivity index (χ0) is 76.7. The van der Waals surface area contributed by atoms with Gasteiger partial charge in [-0.3, -0.25) is 37.3 Å². The van der Waals surface area contributed by atoms with E-state index >= 15 is 0 Å². The second-order valence-electron chi connectivity index (χ2n) is 32.2. The van der Waals surface area contributed by atoms with Crippen LogP contribution in [-0.2, 0) is 65.4 Å². The standard InChI is InChI=1S/C85H166O17P2/c1-9-78(8)64-56-48-40-32-26-20-15-17-21-27-33-41-49-57-65-82(87)95-71-80(101-84(89)67-59-51-42-34-28-22-13-11-10-12-18-24-30-37-45-53-61-75(2)3)73-99-103(91,92)97-69-79(86)70-98-104(93,94)100-74-81(72-96-83(88)66-58-50-44-36-39-47-55-63-77(6)7)102-85(90)68-60-52-43-35-29-23-16-14-19-25-31-38-46-54-62-76(4)5/h75-81,86H,9-74H2,1-8H3,(H,91,92)(H,93,94)/t78?,79?,80-,81-/m1/s1. The number of carbonyl (C=O) groups is 4. The molecule has 19 heteroatoms. The van der Waals surface area contributed by atoms with Gasteiger partial charge in [0.2, 0.25) is 0 Å². The summed E-state index contributed by atoms with van der Waals surface area (Å²) in [4.78, 5) is 73.2. The highest BCUT2D eigenvalue weighted by Gasteiger charge is 2.30. The Hall–Kier alpha value is -1.94. The smallest absolute Gasteiger partial charge is 0.462 e. The van der Waals surface area contributed by atoms with Crippen molar-refractivity contribution in [3.63, 3.8) is 0 Å². The van der Waals surface area contributed by atoms with Crippen LogP contribution in [0.15, 0.2) is 0 Å². The summed E-state index contributed by atoms with van der Waals surface area (Å²) in [6, 6.07) is 0. The highest BCUT2D eigenvalue weighted by molar-refractivity contribution is 7.47. The van der Waals surface area contributed by atoms with Crippen molar-refractivity contribution >= 4 is 39.5 Å². The minimum Gasteiger partial charge on any atom is -0.462 e. The zero-order valence-corrected chi connectivity index (χ0v) is 70.5. The summed E-state index contributed by atoms with van der Waals surface area (Å²) in [6.07, 6.45) is 62.5. The number of hydrogen-bond acceptors (Lipinski definition) is 15. The normalized spacial score (nSPS) is 14.2. The van der Waals surface area contributed by atoms with Crippen molar-refractivity contribution in [1.82, 2.24) is 0 Å². The van der Waals surface area contributed by atoms with Crippen molar-refractivity contribution in [2.24, 2.45) is 23.7 Å². The molecular formula is C85H166O17P2. The van der Waals surface area contributed by atoms with Gasteiger partial charge < -0.3 is 33.8 Å². The van der Waals surface area contributed by atoms with Crippen molar-refractivity contribution in [3.05, 3.63) is 0 Å². The summed E-state index contributed by atoms with van der Waals surface area (Å²) >= 11 is 0. The Morgan fingerprint density at radius 2 is 0.462 bits per heavy atom. The molecule has 0 aromatic heterocycles. The summed E-state index contributed by atoms with van der Waals surface area (Å²) in [6.45, 7) is 14.3. The molecule has 17 nitrogen and oxygen atoms in total. The van der Waals surface area contributed by atoms with Crippen LogP contribution in [0.4, 0.5) is 0 Å². The van der Waals surface area contributed by atoms with Gasteiger partial charge in [0.1, 0.15) is 19.3 Å². The Balaban J connectivity index is 5.24. The lowest BCUT2D eigenvalue weighted by atomic mass is 9.99. The van der Waals surface area contributed by atoms with Gasteiger partial charge >= 0.3 is 39.5 Å².